The highest BCUT2D eigenvalue weighted by Crippen LogP contribution is 1.85. The first-order chi connectivity index (χ1) is 7.72. The van der Waals surface area contributed by atoms with Gasteiger partial charge in [0.25, 0.3) is 0 Å². The molecule has 0 aromatic rings. The predicted molar refractivity (Wildman–Crippen MR) is 66.4 cm³/mol. The molecule has 16 heavy (non-hydrogen) atoms. The van der Waals surface area contributed by atoms with Crippen LogP contribution in [0.5, 0.6) is 0 Å². The molecule has 2 N–H and O–H groups in total. The van der Waals surface area contributed by atoms with Crippen molar-refractivity contribution in [3.05, 3.63) is 12.7 Å². The van der Waals surface area contributed by atoms with E-state index in [-0.39, 0.29) is 11.9 Å². The third-order valence-corrected chi connectivity index (χ3v) is 2.11. The minimum Gasteiger partial charge on any atom is -0.380 e. The summed E-state index contributed by atoms with van der Waals surface area (Å²) in [5, 5.41) is 5.94. The van der Waals surface area contributed by atoms with Crippen LogP contribution in [0.4, 0.5) is 0 Å². The Hall–Kier alpha value is -0.870. The second kappa shape index (κ2) is 10.6. The van der Waals surface area contributed by atoms with Gasteiger partial charge >= 0.3 is 0 Å². The number of nitrogens with one attached hydrogen (secondary N) is 2. The number of hydrogen-bond donors (Lipinski definition) is 2. The number of carbonyl (C=O) groups excluding carboxylic acids is 1. The molecule has 0 fully saturated rings. The third-order valence-electron chi connectivity index (χ3n) is 2.11. The van der Waals surface area contributed by atoms with Crippen LogP contribution in [0.15, 0.2) is 12.7 Å². The maximum Gasteiger partial charge on any atom is 0.236 e. The normalized spacial score (nSPS) is 12.1. The van der Waals surface area contributed by atoms with Crippen LogP contribution in [-0.2, 0) is 9.53 Å². The zero-order chi connectivity index (χ0) is 12.2. The Kier molecular flexibility index (Phi) is 10.1. The number of ether oxygens (including phenoxy) is 1. The highest BCUT2D eigenvalue weighted by atomic mass is 16.5. The average molecular weight is 228 g/mol. The van der Waals surface area contributed by atoms with Crippen LogP contribution < -0.4 is 10.6 Å². The van der Waals surface area contributed by atoms with Crippen LogP contribution in [0.25, 0.3) is 0 Å². The van der Waals surface area contributed by atoms with Crippen molar-refractivity contribution in [2.45, 2.75) is 32.7 Å². The van der Waals surface area contributed by atoms with Gasteiger partial charge in [0.2, 0.25) is 5.91 Å². The number of rotatable bonds is 10. The maximum atomic E-state index is 11.4. The van der Waals surface area contributed by atoms with E-state index in [1.165, 1.54) is 0 Å². The first-order valence-electron chi connectivity index (χ1n) is 5.92. The topological polar surface area (TPSA) is 50.4 Å². The van der Waals surface area contributed by atoms with Gasteiger partial charge in [0.1, 0.15) is 0 Å². The van der Waals surface area contributed by atoms with E-state index in [0.717, 1.165) is 19.4 Å². The van der Waals surface area contributed by atoms with E-state index in [4.69, 9.17) is 4.74 Å². The van der Waals surface area contributed by atoms with Gasteiger partial charge in [-0.15, -0.1) is 6.58 Å². The zero-order valence-corrected chi connectivity index (χ0v) is 10.4. The second-order valence-corrected chi connectivity index (χ2v) is 3.66. The quantitative estimate of drug-likeness (QED) is 0.434. The van der Waals surface area contributed by atoms with Crippen molar-refractivity contribution in [2.75, 3.05) is 26.3 Å². The smallest absolute Gasteiger partial charge is 0.236 e. The molecule has 94 valence electrons. The standard InChI is InChI=1S/C12H24N2O2/c1-4-6-9-16-10-8-13-11(3)12(15)14-7-5-2/h4,11,13H,1,5-10H2,2-3H3,(H,14,15). The number of hydrogen-bond acceptors (Lipinski definition) is 3. The van der Waals surface area contributed by atoms with Gasteiger partial charge in [0, 0.05) is 13.1 Å². The summed E-state index contributed by atoms with van der Waals surface area (Å²) in [6.45, 7) is 10.2. The van der Waals surface area contributed by atoms with Crippen LogP contribution in [0.1, 0.15) is 26.7 Å². The largest absolute Gasteiger partial charge is 0.380 e. The van der Waals surface area contributed by atoms with Crippen LogP contribution in [0, 0.1) is 0 Å². The lowest BCUT2D eigenvalue weighted by Crippen LogP contribution is -2.43. The van der Waals surface area contributed by atoms with Crippen molar-refractivity contribution in [1.82, 2.24) is 10.6 Å². The first kappa shape index (κ1) is 15.1. The van der Waals surface area contributed by atoms with Crippen molar-refractivity contribution in [1.29, 1.82) is 0 Å². The fourth-order valence-corrected chi connectivity index (χ4v) is 1.11. The van der Waals surface area contributed by atoms with Gasteiger partial charge in [-0.1, -0.05) is 13.0 Å². The lowest BCUT2D eigenvalue weighted by molar-refractivity contribution is -0.122. The number of carbonyl (C=O) groups is 1. The van der Waals surface area contributed by atoms with Gasteiger partial charge < -0.3 is 15.4 Å². The van der Waals surface area contributed by atoms with Gasteiger partial charge in [-0.2, -0.15) is 0 Å². The van der Waals surface area contributed by atoms with E-state index in [1.807, 2.05) is 19.9 Å². The van der Waals surface area contributed by atoms with E-state index in [9.17, 15) is 4.79 Å². The molecule has 0 aromatic heterocycles. The summed E-state index contributed by atoms with van der Waals surface area (Å²) in [6, 6.07) is -0.158. The molecule has 0 aromatic carbocycles. The Morgan fingerprint density at radius 3 is 2.81 bits per heavy atom. The molecule has 0 aliphatic carbocycles. The molecular formula is C12H24N2O2. The van der Waals surface area contributed by atoms with Crippen LogP contribution >= 0.6 is 0 Å². The zero-order valence-electron chi connectivity index (χ0n) is 10.4. The molecule has 1 atom stereocenters. The summed E-state index contributed by atoms with van der Waals surface area (Å²) >= 11 is 0. The summed E-state index contributed by atoms with van der Waals surface area (Å²) in [4.78, 5) is 11.4. The van der Waals surface area contributed by atoms with E-state index in [1.54, 1.807) is 0 Å². The van der Waals surface area contributed by atoms with Crippen molar-refractivity contribution >= 4 is 5.91 Å². The molecule has 0 heterocycles. The van der Waals surface area contributed by atoms with Gasteiger partial charge in [0.05, 0.1) is 19.3 Å². The van der Waals surface area contributed by atoms with Crippen LogP contribution in [-0.4, -0.2) is 38.3 Å². The molecular weight excluding hydrogens is 204 g/mol. The summed E-state index contributed by atoms with van der Waals surface area (Å²) in [6.07, 6.45) is 3.66. The average Bonchev–Trinajstić information content (AvgIpc) is 2.30. The fraction of sp³-hybridized carbons (Fsp3) is 0.750. The Bertz CT molecular complexity index is 195. The van der Waals surface area contributed by atoms with Crippen molar-refractivity contribution in [3.63, 3.8) is 0 Å². The van der Waals surface area contributed by atoms with E-state index >= 15 is 0 Å². The molecule has 0 saturated heterocycles. The van der Waals surface area contributed by atoms with Gasteiger partial charge in [0.15, 0.2) is 0 Å². The van der Waals surface area contributed by atoms with E-state index in [2.05, 4.69) is 17.2 Å². The SMILES string of the molecule is C=CCCOCCNC(C)C(=O)NCCC. The Morgan fingerprint density at radius 1 is 1.44 bits per heavy atom. The van der Waals surface area contributed by atoms with Gasteiger partial charge in [-0.05, 0) is 19.8 Å². The lowest BCUT2D eigenvalue weighted by atomic mass is 10.3. The molecule has 1 amide bonds. The number of amides is 1. The summed E-state index contributed by atoms with van der Waals surface area (Å²) in [7, 11) is 0. The molecule has 0 rings (SSSR count). The van der Waals surface area contributed by atoms with E-state index in [0.29, 0.717) is 19.8 Å². The molecule has 0 radical (unpaired) electrons. The molecule has 4 nitrogen and oxygen atoms in total. The second-order valence-electron chi connectivity index (χ2n) is 3.66. The predicted octanol–water partition coefficient (Wildman–Crippen LogP) is 1.08. The monoisotopic (exact) mass is 228 g/mol. The fourth-order valence-electron chi connectivity index (χ4n) is 1.11. The van der Waals surface area contributed by atoms with Gasteiger partial charge in [-0.3, -0.25) is 4.79 Å². The van der Waals surface area contributed by atoms with Crippen molar-refractivity contribution in [3.8, 4) is 0 Å². The van der Waals surface area contributed by atoms with Crippen LogP contribution in [0.3, 0.4) is 0 Å². The van der Waals surface area contributed by atoms with Crippen molar-refractivity contribution < 1.29 is 9.53 Å². The third kappa shape index (κ3) is 8.44. The molecule has 4 heteroatoms. The molecule has 0 spiro atoms. The minimum absolute atomic E-state index is 0.0490. The van der Waals surface area contributed by atoms with Gasteiger partial charge in [-0.25, -0.2) is 0 Å². The molecule has 0 saturated carbocycles. The Labute approximate surface area is 98.4 Å². The minimum atomic E-state index is -0.158. The Morgan fingerprint density at radius 2 is 2.19 bits per heavy atom. The molecule has 0 bridgehead atoms. The van der Waals surface area contributed by atoms with Crippen molar-refractivity contribution in [2.24, 2.45) is 0 Å². The highest BCUT2D eigenvalue weighted by molar-refractivity contribution is 5.81. The Balaban J connectivity index is 3.38. The maximum absolute atomic E-state index is 11.4. The molecule has 1 unspecified atom stereocenters. The summed E-state index contributed by atoms with van der Waals surface area (Å²) in [5.74, 6) is 0.0490. The summed E-state index contributed by atoms with van der Waals surface area (Å²) in [5.41, 5.74) is 0. The molecule has 0 aliphatic heterocycles. The lowest BCUT2D eigenvalue weighted by Gasteiger charge is -2.13. The molecule has 0 aliphatic rings. The van der Waals surface area contributed by atoms with Crippen LogP contribution in [0.2, 0.25) is 0 Å². The first-order valence-corrected chi connectivity index (χ1v) is 5.92. The summed E-state index contributed by atoms with van der Waals surface area (Å²) < 4.78 is 5.32. The van der Waals surface area contributed by atoms with E-state index < -0.39 is 0 Å². The highest BCUT2D eigenvalue weighted by Gasteiger charge is 2.09.